The van der Waals surface area contributed by atoms with E-state index in [1.54, 1.807) is 0 Å². The number of methoxy groups -OCH3 is 1. The van der Waals surface area contributed by atoms with E-state index in [1.165, 1.54) is 7.11 Å². The van der Waals surface area contributed by atoms with Crippen LogP contribution < -0.4 is 5.73 Å². The molecule has 2 aromatic rings. The number of rotatable bonds is 2. The number of anilines is 1. The second kappa shape index (κ2) is 3.39. The average molecular weight is 215 g/mol. The van der Waals surface area contributed by atoms with E-state index in [2.05, 4.69) is 15.0 Å². The van der Waals surface area contributed by atoms with Crippen molar-refractivity contribution in [3.63, 3.8) is 0 Å². The van der Waals surface area contributed by atoms with Gasteiger partial charge in [0.2, 0.25) is 11.8 Å². The van der Waals surface area contributed by atoms with Gasteiger partial charge in [-0.3, -0.25) is 0 Å². The van der Waals surface area contributed by atoms with Crippen LogP contribution in [0.15, 0.2) is 4.42 Å². The number of aromatic nitrogens is 3. The normalized spacial score (nSPS) is 11.0. The molecule has 0 aliphatic carbocycles. The van der Waals surface area contributed by atoms with Crippen molar-refractivity contribution < 1.29 is 9.15 Å². The Morgan fingerprint density at radius 1 is 1.43 bits per heavy atom. The van der Waals surface area contributed by atoms with Gasteiger partial charge in [-0.25, -0.2) is 4.98 Å². The lowest BCUT2D eigenvalue weighted by atomic mass is 10.6. The summed E-state index contributed by atoms with van der Waals surface area (Å²) in [5, 5.41) is 0.179. The number of ether oxygens (including phenoxy) is 1. The lowest BCUT2D eigenvalue weighted by Crippen LogP contribution is -1.94. The van der Waals surface area contributed by atoms with Gasteiger partial charge in [0, 0.05) is 7.11 Å². The smallest absolute Gasteiger partial charge is 0.253 e. The van der Waals surface area contributed by atoms with Crippen LogP contribution in [-0.2, 0) is 11.3 Å². The summed E-state index contributed by atoms with van der Waals surface area (Å²) in [5.74, 6) is 0.451. The van der Waals surface area contributed by atoms with Crippen LogP contribution in [0.3, 0.4) is 0 Å². The predicted octanol–water partition coefficient (Wildman–Crippen LogP) is 1.000. The van der Waals surface area contributed by atoms with Crippen LogP contribution in [0.4, 0.5) is 5.95 Å². The van der Waals surface area contributed by atoms with Gasteiger partial charge in [0.05, 0.1) is 0 Å². The SMILES string of the molecule is COCc1nc2c(Cl)nc(N)nc2o1. The quantitative estimate of drug-likeness (QED) is 0.751. The number of fused-ring (bicyclic) bond motifs is 1. The van der Waals surface area contributed by atoms with Crippen molar-refractivity contribution in [1.82, 2.24) is 15.0 Å². The molecule has 0 unspecified atom stereocenters. The molecule has 0 amide bonds. The minimum Gasteiger partial charge on any atom is -0.419 e. The van der Waals surface area contributed by atoms with Crippen molar-refractivity contribution in [1.29, 1.82) is 0 Å². The molecular formula is C7H7ClN4O2. The Morgan fingerprint density at radius 3 is 2.93 bits per heavy atom. The zero-order valence-corrected chi connectivity index (χ0v) is 8.08. The summed E-state index contributed by atoms with van der Waals surface area (Å²) in [7, 11) is 1.54. The first kappa shape index (κ1) is 9.17. The van der Waals surface area contributed by atoms with Gasteiger partial charge < -0.3 is 14.9 Å². The number of hydrogen-bond acceptors (Lipinski definition) is 6. The van der Waals surface area contributed by atoms with Gasteiger partial charge in [0.15, 0.2) is 10.7 Å². The van der Waals surface area contributed by atoms with E-state index < -0.39 is 0 Å². The molecule has 0 aliphatic rings. The van der Waals surface area contributed by atoms with Crippen LogP contribution in [0.2, 0.25) is 5.15 Å². The Kier molecular flexibility index (Phi) is 2.22. The summed E-state index contributed by atoms with van der Waals surface area (Å²) in [6.07, 6.45) is 0. The van der Waals surface area contributed by atoms with Crippen LogP contribution >= 0.6 is 11.6 Å². The first-order chi connectivity index (χ1) is 6.70. The minimum atomic E-state index is 0.0580. The molecule has 0 atom stereocenters. The molecule has 14 heavy (non-hydrogen) atoms. The van der Waals surface area contributed by atoms with Crippen molar-refractivity contribution in [2.45, 2.75) is 6.61 Å². The monoisotopic (exact) mass is 214 g/mol. The van der Waals surface area contributed by atoms with Crippen LogP contribution in [-0.4, -0.2) is 22.1 Å². The fourth-order valence-corrected chi connectivity index (χ4v) is 1.24. The standard InChI is InChI=1S/C7H7ClN4O2/c1-13-2-3-10-4-5(8)11-7(9)12-6(4)14-3/h2H2,1H3,(H2,9,11,12). The third kappa shape index (κ3) is 1.49. The second-order valence-electron chi connectivity index (χ2n) is 2.57. The largest absolute Gasteiger partial charge is 0.419 e. The molecule has 2 aromatic heterocycles. The van der Waals surface area contributed by atoms with E-state index in [4.69, 9.17) is 26.5 Å². The molecule has 74 valence electrons. The number of hydrogen-bond donors (Lipinski definition) is 1. The van der Waals surface area contributed by atoms with E-state index in [0.29, 0.717) is 11.4 Å². The highest BCUT2D eigenvalue weighted by molar-refractivity contribution is 6.33. The molecular weight excluding hydrogens is 208 g/mol. The Balaban J connectivity index is 2.58. The zero-order chi connectivity index (χ0) is 10.1. The first-order valence-corrected chi connectivity index (χ1v) is 4.16. The van der Waals surface area contributed by atoms with Crippen LogP contribution in [0.5, 0.6) is 0 Å². The highest BCUT2D eigenvalue weighted by Gasteiger charge is 2.12. The summed E-state index contributed by atoms with van der Waals surface area (Å²) in [6, 6.07) is 0. The number of nitrogen functional groups attached to an aromatic ring is 1. The zero-order valence-electron chi connectivity index (χ0n) is 7.32. The highest BCUT2D eigenvalue weighted by Crippen LogP contribution is 2.21. The minimum absolute atomic E-state index is 0.0580. The first-order valence-electron chi connectivity index (χ1n) is 3.78. The lowest BCUT2D eigenvalue weighted by molar-refractivity contribution is 0.161. The molecule has 0 saturated heterocycles. The fraction of sp³-hybridized carbons (Fsp3) is 0.286. The van der Waals surface area contributed by atoms with Crippen molar-refractivity contribution in [3.8, 4) is 0 Å². The third-order valence-electron chi connectivity index (χ3n) is 1.55. The molecule has 2 N–H and O–H groups in total. The van der Waals surface area contributed by atoms with Crippen molar-refractivity contribution >= 4 is 28.8 Å². The Morgan fingerprint density at radius 2 is 2.21 bits per heavy atom. The van der Waals surface area contributed by atoms with Gasteiger partial charge in [-0.15, -0.1) is 0 Å². The van der Waals surface area contributed by atoms with Gasteiger partial charge >= 0.3 is 0 Å². The molecule has 0 radical (unpaired) electrons. The maximum Gasteiger partial charge on any atom is 0.253 e. The molecule has 0 aromatic carbocycles. The van der Waals surface area contributed by atoms with Gasteiger partial charge in [-0.05, 0) is 0 Å². The highest BCUT2D eigenvalue weighted by atomic mass is 35.5. The molecule has 0 fully saturated rings. The number of oxazole rings is 1. The average Bonchev–Trinajstić information content (AvgIpc) is 2.48. The lowest BCUT2D eigenvalue weighted by Gasteiger charge is -1.90. The molecule has 7 heteroatoms. The van der Waals surface area contributed by atoms with E-state index in [9.17, 15) is 0 Å². The third-order valence-corrected chi connectivity index (χ3v) is 1.81. The van der Waals surface area contributed by atoms with Gasteiger partial charge in [0.1, 0.15) is 6.61 Å². The van der Waals surface area contributed by atoms with Crippen LogP contribution in [0.1, 0.15) is 5.89 Å². The molecule has 2 rings (SSSR count). The molecule has 6 nitrogen and oxygen atoms in total. The van der Waals surface area contributed by atoms with Crippen molar-refractivity contribution in [2.75, 3.05) is 12.8 Å². The maximum absolute atomic E-state index is 5.78. The molecule has 0 spiro atoms. The molecule has 0 aliphatic heterocycles. The van der Waals surface area contributed by atoms with E-state index in [-0.39, 0.29) is 23.4 Å². The Hall–Kier alpha value is -1.40. The molecule has 0 bridgehead atoms. The van der Waals surface area contributed by atoms with Crippen LogP contribution in [0.25, 0.3) is 11.2 Å². The van der Waals surface area contributed by atoms with Crippen molar-refractivity contribution in [3.05, 3.63) is 11.0 Å². The summed E-state index contributed by atoms with van der Waals surface area (Å²) < 4.78 is 10.1. The van der Waals surface area contributed by atoms with Gasteiger partial charge in [-0.1, -0.05) is 11.6 Å². The van der Waals surface area contributed by atoms with E-state index in [1.807, 2.05) is 0 Å². The summed E-state index contributed by atoms with van der Waals surface area (Å²) in [5.41, 5.74) is 6.05. The summed E-state index contributed by atoms with van der Waals surface area (Å²) in [6.45, 7) is 0.257. The Labute approximate surface area is 84.1 Å². The van der Waals surface area contributed by atoms with E-state index >= 15 is 0 Å². The van der Waals surface area contributed by atoms with E-state index in [0.717, 1.165) is 0 Å². The van der Waals surface area contributed by atoms with Crippen molar-refractivity contribution in [2.24, 2.45) is 0 Å². The topological polar surface area (TPSA) is 87.1 Å². The second-order valence-corrected chi connectivity index (χ2v) is 2.93. The van der Waals surface area contributed by atoms with Crippen LogP contribution in [0, 0.1) is 0 Å². The fourth-order valence-electron chi connectivity index (χ4n) is 1.03. The number of nitrogens with two attached hydrogens (primary N) is 1. The summed E-state index contributed by atoms with van der Waals surface area (Å²) in [4.78, 5) is 11.6. The Bertz CT molecular complexity index is 470. The molecule has 0 saturated carbocycles. The van der Waals surface area contributed by atoms with Gasteiger partial charge in [-0.2, -0.15) is 9.97 Å². The summed E-state index contributed by atoms with van der Waals surface area (Å²) >= 11 is 5.78. The maximum atomic E-state index is 5.78. The number of halogens is 1. The predicted molar refractivity (Wildman–Crippen MR) is 49.7 cm³/mol. The van der Waals surface area contributed by atoms with Gasteiger partial charge in [0.25, 0.3) is 5.71 Å². The number of nitrogens with zero attached hydrogens (tertiary/aromatic N) is 3. The molecule has 2 heterocycles.